The Bertz CT molecular complexity index is 565. The smallest absolute Gasteiger partial charge is 0.240 e. The molecule has 2 aromatic heterocycles. The topological polar surface area (TPSA) is 67.2 Å². The molecule has 5 nitrogen and oxygen atoms in total. The lowest BCUT2D eigenvalue weighted by Crippen LogP contribution is -2.24. The maximum atomic E-state index is 11.4. The molecule has 0 radical (unpaired) electrons. The van der Waals surface area contributed by atoms with E-state index in [0.717, 1.165) is 22.8 Å². The van der Waals surface area contributed by atoms with Crippen LogP contribution in [0.4, 0.5) is 5.13 Å². The van der Waals surface area contributed by atoms with Gasteiger partial charge < -0.3 is 15.1 Å². The summed E-state index contributed by atoms with van der Waals surface area (Å²) in [6, 6.07) is 1.95. The van der Waals surface area contributed by atoms with Crippen molar-refractivity contribution in [1.29, 1.82) is 0 Å². The Morgan fingerprint density at radius 2 is 2.21 bits per heavy atom. The van der Waals surface area contributed by atoms with Crippen LogP contribution in [0.5, 0.6) is 0 Å². The van der Waals surface area contributed by atoms with Gasteiger partial charge in [-0.25, -0.2) is 4.98 Å². The van der Waals surface area contributed by atoms with E-state index in [0.29, 0.717) is 5.13 Å². The summed E-state index contributed by atoms with van der Waals surface area (Å²) in [4.78, 5) is 15.8. The first-order chi connectivity index (χ1) is 8.60. The number of aromatic nitrogens is 1. The highest BCUT2D eigenvalue weighted by atomic mass is 35.5. The molecule has 0 spiro atoms. The van der Waals surface area contributed by atoms with Crippen LogP contribution in [0.15, 0.2) is 15.9 Å². The van der Waals surface area contributed by atoms with Crippen LogP contribution in [-0.2, 0) is 4.79 Å². The minimum absolute atomic E-state index is 0. The zero-order valence-electron chi connectivity index (χ0n) is 10.9. The number of rotatable bonds is 4. The lowest BCUT2D eigenvalue weighted by molar-refractivity contribution is -0.115. The third-order valence-corrected chi connectivity index (χ3v) is 3.16. The van der Waals surface area contributed by atoms with Gasteiger partial charge in [0.25, 0.3) is 0 Å². The monoisotopic (exact) mass is 301 g/mol. The maximum Gasteiger partial charge on any atom is 0.240 e. The number of nitrogens with zero attached hydrogens (tertiary/aromatic N) is 1. The predicted molar refractivity (Wildman–Crippen MR) is 79.1 cm³/mol. The standard InChI is InChI=1S/C12H15N3O2S.ClH/c1-7-4-9(8(2)17-7)10-6-18-12(14-10)15-11(16)5-13-3;/h4,6,13H,5H2,1-3H3,(H,14,15,16);1H. The van der Waals surface area contributed by atoms with Crippen LogP contribution in [-0.4, -0.2) is 24.5 Å². The molecule has 104 valence electrons. The summed E-state index contributed by atoms with van der Waals surface area (Å²) in [6.45, 7) is 4.08. The highest BCUT2D eigenvalue weighted by molar-refractivity contribution is 7.14. The normalized spacial score (nSPS) is 10.1. The first-order valence-corrected chi connectivity index (χ1v) is 6.45. The summed E-state index contributed by atoms with van der Waals surface area (Å²) in [5.41, 5.74) is 1.80. The quantitative estimate of drug-likeness (QED) is 0.911. The van der Waals surface area contributed by atoms with Gasteiger partial charge in [0, 0.05) is 10.9 Å². The van der Waals surface area contributed by atoms with E-state index in [-0.39, 0.29) is 24.9 Å². The number of aryl methyl sites for hydroxylation is 2. The van der Waals surface area contributed by atoms with E-state index in [1.54, 1.807) is 7.05 Å². The molecule has 2 rings (SSSR count). The van der Waals surface area contributed by atoms with Crippen molar-refractivity contribution in [3.05, 3.63) is 23.0 Å². The molecule has 0 aromatic carbocycles. The van der Waals surface area contributed by atoms with Crippen molar-refractivity contribution in [2.45, 2.75) is 13.8 Å². The number of furan rings is 1. The van der Waals surface area contributed by atoms with Crippen LogP contribution in [0.2, 0.25) is 0 Å². The average molecular weight is 302 g/mol. The number of nitrogens with one attached hydrogen (secondary N) is 2. The molecular weight excluding hydrogens is 286 g/mol. The van der Waals surface area contributed by atoms with Gasteiger partial charge in [-0.05, 0) is 27.0 Å². The third-order valence-electron chi connectivity index (χ3n) is 2.40. The van der Waals surface area contributed by atoms with E-state index in [4.69, 9.17) is 4.42 Å². The second-order valence-corrected chi connectivity index (χ2v) is 4.80. The number of hydrogen-bond donors (Lipinski definition) is 2. The fourth-order valence-electron chi connectivity index (χ4n) is 1.66. The van der Waals surface area contributed by atoms with E-state index in [9.17, 15) is 4.79 Å². The van der Waals surface area contributed by atoms with Crippen LogP contribution in [0.3, 0.4) is 0 Å². The van der Waals surface area contributed by atoms with Gasteiger partial charge in [-0.3, -0.25) is 4.79 Å². The van der Waals surface area contributed by atoms with E-state index in [2.05, 4.69) is 15.6 Å². The maximum absolute atomic E-state index is 11.4. The average Bonchev–Trinajstić information content (AvgIpc) is 2.85. The highest BCUT2D eigenvalue weighted by Crippen LogP contribution is 2.29. The first-order valence-electron chi connectivity index (χ1n) is 5.57. The largest absolute Gasteiger partial charge is 0.466 e. The van der Waals surface area contributed by atoms with Crippen LogP contribution in [0.1, 0.15) is 11.5 Å². The van der Waals surface area contributed by atoms with Crippen molar-refractivity contribution in [3.63, 3.8) is 0 Å². The number of likely N-dealkylation sites (N-methyl/N-ethyl adjacent to an activating group) is 1. The lowest BCUT2D eigenvalue weighted by atomic mass is 10.2. The van der Waals surface area contributed by atoms with E-state index in [1.165, 1.54) is 11.3 Å². The second-order valence-electron chi connectivity index (χ2n) is 3.94. The summed E-state index contributed by atoms with van der Waals surface area (Å²) in [5, 5.41) is 8.03. The molecule has 0 atom stereocenters. The molecular formula is C12H16ClN3O2S. The summed E-state index contributed by atoms with van der Waals surface area (Å²) in [6.07, 6.45) is 0. The molecule has 0 aliphatic rings. The Balaban J connectivity index is 0.00000180. The van der Waals surface area contributed by atoms with Gasteiger partial charge in [0.05, 0.1) is 12.2 Å². The van der Waals surface area contributed by atoms with Crippen molar-refractivity contribution >= 4 is 34.8 Å². The molecule has 19 heavy (non-hydrogen) atoms. The van der Waals surface area contributed by atoms with Gasteiger partial charge >= 0.3 is 0 Å². The lowest BCUT2D eigenvalue weighted by Gasteiger charge is -1.99. The summed E-state index contributed by atoms with van der Waals surface area (Å²) in [5.74, 6) is 1.60. The van der Waals surface area contributed by atoms with Gasteiger partial charge in [0.15, 0.2) is 5.13 Å². The van der Waals surface area contributed by atoms with Crippen molar-refractivity contribution in [3.8, 4) is 11.3 Å². The molecule has 0 aliphatic carbocycles. The summed E-state index contributed by atoms with van der Waals surface area (Å²) >= 11 is 1.40. The molecule has 0 saturated carbocycles. The zero-order chi connectivity index (χ0) is 13.1. The minimum Gasteiger partial charge on any atom is -0.466 e. The number of thiazole rings is 1. The molecule has 0 fully saturated rings. The Morgan fingerprint density at radius 1 is 1.47 bits per heavy atom. The van der Waals surface area contributed by atoms with Crippen molar-refractivity contribution in [2.24, 2.45) is 0 Å². The second kappa shape index (κ2) is 6.70. The molecule has 0 bridgehead atoms. The number of hydrogen-bond acceptors (Lipinski definition) is 5. The number of halogens is 1. The molecule has 2 heterocycles. The first kappa shape index (κ1) is 15.7. The molecule has 0 unspecified atom stereocenters. The van der Waals surface area contributed by atoms with Gasteiger partial charge in [0.1, 0.15) is 11.5 Å². The van der Waals surface area contributed by atoms with E-state index < -0.39 is 0 Å². The number of amides is 1. The van der Waals surface area contributed by atoms with Crippen LogP contribution in [0.25, 0.3) is 11.3 Å². The van der Waals surface area contributed by atoms with Gasteiger partial charge in [-0.1, -0.05) is 0 Å². The van der Waals surface area contributed by atoms with Crippen molar-refractivity contribution < 1.29 is 9.21 Å². The zero-order valence-corrected chi connectivity index (χ0v) is 12.6. The fraction of sp³-hybridized carbons (Fsp3) is 0.333. The molecule has 2 aromatic rings. The number of carbonyl (C=O) groups excluding carboxylic acids is 1. The molecule has 7 heteroatoms. The Labute approximate surface area is 121 Å². The molecule has 0 saturated heterocycles. The Morgan fingerprint density at radius 3 is 2.79 bits per heavy atom. The fourth-order valence-corrected chi connectivity index (χ4v) is 2.39. The molecule has 2 N–H and O–H groups in total. The van der Waals surface area contributed by atoms with Crippen LogP contribution < -0.4 is 10.6 Å². The minimum atomic E-state index is -0.0986. The molecule has 0 aliphatic heterocycles. The Hall–Kier alpha value is -1.37. The summed E-state index contributed by atoms with van der Waals surface area (Å²) in [7, 11) is 1.73. The van der Waals surface area contributed by atoms with Crippen molar-refractivity contribution in [2.75, 3.05) is 18.9 Å². The van der Waals surface area contributed by atoms with Gasteiger partial charge in [0.2, 0.25) is 5.91 Å². The van der Waals surface area contributed by atoms with Crippen LogP contribution in [0, 0.1) is 13.8 Å². The highest BCUT2D eigenvalue weighted by Gasteiger charge is 2.12. The van der Waals surface area contributed by atoms with E-state index >= 15 is 0 Å². The molecule has 1 amide bonds. The van der Waals surface area contributed by atoms with Gasteiger partial charge in [-0.2, -0.15) is 0 Å². The van der Waals surface area contributed by atoms with Crippen molar-refractivity contribution in [1.82, 2.24) is 10.3 Å². The van der Waals surface area contributed by atoms with Crippen LogP contribution >= 0.6 is 23.7 Å². The summed E-state index contributed by atoms with van der Waals surface area (Å²) < 4.78 is 5.47. The predicted octanol–water partition coefficient (Wildman–Crippen LogP) is 2.60. The van der Waals surface area contributed by atoms with E-state index in [1.807, 2.05) is 25.3 Å². The number of carbonyl (C=O) groups is 1. The SMILES string of the molecule is CNCC(=O)Nc1nc(-c2cc(C)oc2C)cs1.Cl. The third kappa shape index (κ3) is 3.79. The Kier molecular flexibility index (Phi) is 5.53. The number of anilines is 1. The van der Waals surface area contributed by atoms with Gasteiger partial charge in [-0.15, -0.1) is 23.7 Å².